The molecule has 10 heteroatoms. The van der Waals surface area contributed by atoms with Crippen molar-refractivity contribution in [1.29, 1.82) is 0 Å². The lowest BCUT2D eigenvalue weighted by atomic mass is 9.96. The summed E-state index contributed by atoms with van der Waals surface area (Å²) < 4.78 is 30.9. The van der Waals surface area contributed by atoms with Crippen molar-refractivity contribution in [3.8, 4) is 0 Å². The Hall–Kier alpha value is -2.46. The quantitative estimate of drug-likeness (QED) is 0.706. The molecule has 1 aromatic heterocycles. The van der Waals surface area contributed by atoms with Crippen molar-refractivity contribution in [2.75, 3.05) is 13.1 Å². The van der Waals surface area contributed by atoms with Gasteiger partial charge in [0, 0.05) is 26.2 Å². The Labute approximate surface area is 193 Å². The number of amides is 1. The van der Waals surface area contributed by atoms with Gasteiger partial charge in [-0.05, 0) is 43.9 Å². The molecule has 2 aromatic rings. The van der Waals surface area contributed by atoms with Gasteiger partial charge in [0.15, 0.2) is 0 Å². The van der Waals surface area contributed by atoms with Crippen molar-refractivity contribution in [3.05, 3.63) is 39.0 Å². The van der Waals surface area contributed by atoms with Crippen LogP contribution in [0.15, 0.2) is 32.7 Å². The maximum atomic E-state index is 13.2. The summed E-state index contributed by atoms with van der Waals surface area (Å²) in [5.74, 6) is -0.266. The Morgan fingerprint density at radius 2 is 1.64 bits per heavy atom. The smallest absolute Gasteiger partial charge is 0.331 e. The molecule has 0 unspecified atom stereocenters. The fourth-order valence-corrected chi connectivity index (χ4v) is 6.20. The van der Waals surface area contributed by atoms with Crippen LogP contribution < -0.4 is 16.0 Å². The zero-order valence-electron chi connectivity index (χ0n) is 19.1. The average Bonchev–Trinajstić information content (AvgIpc) is 3.10. The van der Waals surface area contributed by atoms with Crippen LogP contribution in [0.4, 0.5) is 0 Å². The third kappa shape index (κ3) is 5.06. The summed E-state index contributed by atoms with van der Waals surface area (Å²) in [6.45, 7) is 0.895. The van der Waals surface area contributed by atoms with Gasteiger partial charge in [-0.2, -0.15) is 0 Å². The second-order valence-corrected chi connectivity index (χ2v) is 10.9. The molecule has 0 spiro atoms. The minimum absolute atomic E-state index is 0.0123. The maximum Gasteiger partial charge on any atom is 0.331 e. The number of rotatable bonds is 5. The van der Waals surface area contributed by atoms with Crippen molar-refractivity contribution >= 4 is 26.8 Å². The fourth-order valence-electron chi connectivity index (χ4n) is 4.87. The topological polar surface area (TPSA) is 110 Å². The zero-order valence-corrected chi connectivity index (χ0v) is 19.9. The Morgan fingerprint density at radius 3 is 2.30 bits per heavy atom. The second-order valence-electron chi connectivity index (χ2n) is 9.16. The number of hydrogen-bond acceptors (Lipinski definition) is 5. The summed E-state index contributed by atoms with van der Waals surface area (Å²) in [7, 11) is -2.29. The summed E-state index contributed by atoms with van der Waals surface area (Å²) in [5, 5.41) is 0.104. The van der Waals surface area contributed by atoms with Crippen molar-refractivity contribution in [3.63, 3.8) is 0 Å². The number of nitrogens with one attached hydrogen (secondary N) is 1. The van der Waals surface area contributed by atoms with E-state index >= 15 is 0 Å². The van der Waals surface area contributed by atoms with E-state index in [9.17, 15) is 22.8 Å². The molecule has 4 rings (SSSR count). The largest absolute Gasteiger partial charge is 0.341 e. The molecule has 2 heterocycles. The Morgan fingerprint density at radius 1 is 1.00 bits per heavy atom. The lowest BCUT2D eigenvalue weighted by molar-refractivity contribution is -0.131. The van der Waals surface area contributed by atoms with Crippen LogP contribution in [0.5, 0.6) is 0 Å². The second kappa shape index (κ2) is 9.80. The molecule has 1 aliphatic heterocycles. The Kier molecular flexibility index (Phi) is 7.04. The molecule has 1 amide bonds. The monoisotopic (exact) mass is 476 g/mol. The molecule has 2 fully saturated rings. The number of benzene rings is 1. The van der Waals surface area contributed by atoms with Crippen LogP contribution in [0.3, 0.4) is 0 Å². The number of hydrogen-bond donors (Lipinski definition) is 1. The molecule has 1 saturated carbocycles. The van der Waals surface area contributed by atoms with Crippen LogP contribution >= 0.6 is 0 Å². The van der Waals surface area contributed by atoms with Gasteiger partial charge in [0.05, 0.1) is 15.8 Å². The molecular formula is C23H32N4O5S. The van der Waals surface area contributed by atoms with Crippen molar-refractivity contribution in [2.45, 2.75) is 75.3 Å². The molecule has 0 bridgehead atoms. The minimum atomic E-state index is -3.81. The van der Waals surface area contributed by atoms with E-state index in [0.29, 0.717) is 18.6 Å². The molecule has 0 radical (unpaired) electrons. The minimum Gasteiger partial charge on any atom is -0.341 e. The van der Waals surface area contributed by atoms with Crippen molar-refractivity contribution in [1.82, 2.24) is 18.8 Å². The van der Waals surface area contributed by atoms with Gasteiger partial charge in [0.2, 0.25) is 15.9 Å². The zero-order chi connectivity index (χ0) is 23.6. The molecule has 180 valence electrons. The van der Waals surface area contributed by atoms with Gasteiger partial charge < -0.3 is 4.90 Å². The normalized spacial score (nSPS) is 18.4. The molecule has 1 aliphatic carbocycles. The molecule has 2 aliphatic rings. The highest BCUT2D eigenvalue weighted by Gasteiger charge is 2.24. The summed E-state index contributed by atoms with van der Waals surface area (Å²) in [5.41, 5.74) is -0.905. The first kappa shape index (κ1) is 23.7. The van der Waals surface area contributed by atoms with Gasteiger partial charge in [0.1, 0.15) is 6.54 Å². The highest BCUT2D eigenvalue weighted by molar-refractivity contribution is 7.89. The number of likely N-dealkylation sites (tertiary alicyclic amines) is 1. The lowest BCUT2D eigenvalue weighted by Gasteiger charge is -2.23. The molecular weight excluding hydrogens is 444 g/mol. The number of carbonyl (C=O) groups is 1. The summed E-state index contributed by atoms with van der Waals surface area (Å²) in [6.07, 6.45) is 8.63. The molecule has 0 atom stereocenters. The first-order chi connectivity index (χ1) is 15.8. The molecule has 33 heavy (non-hydrogen) atoms. The summed E-state index contributed by atoms with van der Waals surface area (Å²) in [4.78, 5) is 40.6. The third-order valence-electron chi connectivity index (χ3n) is 6.81. The van der Waals surface area contributed by atoms with Gasteiger partial charge in [-0.25, -0.2) is 17.9 Å². The standard InChI is InChI=1S/C23H32N4O5S/c1-25-20-12-11-18(33(31,32)24-17-9-5-4-6-10-17)15-19(20)22(29)27(23(25)30)16-21(28)26-13-7-2-3-8-14-26/h11-12,15,17,24H,2-10,13-14,16H2,1H3. The van der Waals surface area contributed by atoms with Gasteiger partial charge in [0.25, 0.3) is 5.56 Å². The molecule has 1 aromatic carbocycles. The van der Waals surface area contributed by atoms with Gasteiger partial charge in [-0.3, -0.25) is 18.7 Å². The van der Waals surface area contributed by atoms with Crippen LogP contribution in [-0.2, 0) is 28.4 Å². The van der Waals surface area contributed by atoms with Gasteiger partial charge in [-0.1, -0.05) is 32.1 Å². The first-order valence-electron chi connectivity index (χ1n) is 11.8. The molecule has 9 nitrogen and oxygen atoms in total. The van der Waals surface area contributed by atoms with Gasteiger partial charge in [-0.15, -0.1) is 0 Å². The van der Waals surface area contributed by atoms with E-state index in [1.807, 2.05) is 0 Å². The van der Waals surface area contributed by atoms with Crippen LogP contribution in [0.1, 0.15) is 57.8 Å². The van der Waals surface area contributed by atoms with E-state index in [4.69, 9.17) is 0 Å². The van der Waals surface area contributed by atoms with E-state index in [0.717, 1.165) is 62.4 Å². The number of carbonyl (C=O) groups excluding carboxylic acids is 1. The van der Waals surface area contributed by atoms with E-state index in [1.165, 1.54) is 29.8 Å². The van der Waals surface area contributed by atoms with Crippen molar-refractivity contribution in [2.24, 2.45) is 7.05 Å². The van der Waals surface area contributed by atoms with Crippen LogP contribution in [0.2, 0.25) is 0 Å². The third-order valence-corrected chi connectivity index (χ3v) is 8.33. The molecule has 1 N–H and O–H groups in total. The summed E-state index contributed by atoms with van der Waals surface area (Å²) >= 11 is 0. The van der Waals surface area contributed by atoms with Crippen LogP contribution in [0, 0.1) is 0 Å². The van der Waals surface area contributed by atoms with Crippen molar-refractivity contribution < 1.29 is 13.2 Å². The number of aryl methyl sites for hydroxylation is 1. The van der Waals surface area contributed by atoms with Gasteiger partial charge >= 0.3 is 5.69 Å². The SMILES string of the molecule is Cn1c(=O)n(CC(=O)N2CCCCCC2)c(=O)c2cc(S(=O)(=O)NC3CCCCC3)ccc21. The average molecular weight is 477 g/mol. The number of aromatic nitrogens is 2. The fraction of sp³-hybridized carbons (Fsp3) is 0.609. The van der Waals surface area contributed by atoms with E-state index in [-0.39, 0.29) is 28.8 Å². The van der Waals surface area contributed by atoms with E-state index in [2.05, 4.69) is 4.72 Å². The Balaban J connectivity index is 1.68. The lowest BCUT2D eigenvalue weighted by Crippen LogP contribution is -2.44. The predicted octanol–water partition coefficient (Wildman–Crippen LogP) is 1.71. The number of nitrogens with zero attached hydrogens (tertiary/aromatic N) is 3. The predicted molar refractivity (Wildman–Crippen MR) is 126 cm³/mol. The van der Waals surface area contributed by atoms with E-state index in [1.54, 1.807) is 4.90 Å². The summed E-state index contributed by atoms with van der Waals surface area (Å²) in [6, 6.07) is 4.10. The highest BCUT2D eigenvalue weighted by Crippen LogP contribution is 2.21. The van der Waals surface area contributed by atoms with E-state index < -0.39 is 21.3 Å². The number of fused-ring (bicyclic) bond motifs is 1. The molecule has 1 saturated heterocycles. The number of sulfonamides is 1. The van der Waals surface area contributed by atoms with Crippen LogP contribution in [-0.4, -0.2) is 47.5 Å². The highest BCUT2D eigenvalue weighted by atomic mass is 32.2. The Bertz CT molecular complexity index is 1250. The maximum absolute atomic E-state index is 13.2. The van der Waals surface area contributed by atoms with Crippen LogP contribution in [0.25, 0.3) is 10.9 Å². The first-order valence-corrected chi connectivity index (χ1v) is 13.3.